The van der Waals surface area contributed by atoms with E-state index in [1.165, 1.54) is 0 Å². The Morgan fingerprint density at radius 3 is 2.09 bits per heavy atom. The van der Waals surface area contributed by atoms with E-state index >= 15 is 0 Å². The molecule has 1 heterocycles. The molecule has 3 nitrogen and oxygen atoms in total. The highest BCUT2D eigenvalue weighted by Crippen LogP contribution is 2.39. The van der Waals surface area contributed by atoms with Gasteiger partial charge in [-0.05, 0) is 57.3 Å². The molecule has 3 heteroatoms. The summed E-state index contributed by atoms with van der Waals surface area (Å²) >= 11 is 0. The van der Waals surface area contributed by atoms with Gasteiger partial charge in [0.15, 0.2) is 5.69 Å². The predicted octanol–water partition coefficient (Wildman–Crippen LogP) is 8.50. The average molecular weight is 420 g/mol. The molecule has 152 valence electrons. The first-order chi connectivity index (χ1) is 16.3. The van der Waals surface area contributed by atoms with Crippen molar-refractivity contribution in [2.45, 2.75) is 0 Å². The number of nitrogens with zero attached hydrogens (tertiary/aromatic N) is 2. The van der Waals surface area contributed by atoms with Gasteiger partial charge in [-0.15, -0.1) is 0 Å². The minimum atomic E-state index is 0.469. The van der Waals surface area contributed by atoms with E-state index < -0.39 is 0 Å². The van der Waals surface area contributed by atoms with Crippen LogP contribution < -0.4 is 0 Å². The van der Waals surface area contributed by atoms with Gasteiger partial charge in [0, 0.05) is 16.3 Å². The maximum absolute atomic E-state index is 9.71. The lowest BCUT2D eigenvalue weighted by molar-refractivity contribution is 0.669. The molecule has 33 heavy (non-hydrogen) atoms. The van der Waals surface area contributed by atoms with Gasteiger partial charge in [0.25, 0.3) is 0 Å². The van der Waals surface area contributed by atoms with Crippen LogP contribution in [0.15, 0.2) is 101 Å². The third kappa shape index (κ3) is 2.96. The Bertz CT molecular complexity index is 1790. The molecule has 0 N–H and O–H groups in total. The quantitative estimate of drug-likeness (QED) is 0.264. The first kappa shape index (κ1) is 18.9. The van der Waals surface area contributed by atoms with Crippen LogP contribution in [0.1, 0.15) is 5.56 Å². The molecule has 0 unspecified atom stereocenters. The van der Waals surface area contributed by atoms with Crippen molar-refractivity contribution >= 4 is 38.4 Å². The first-order valence-corrected chi connectivity index (χ1v) is 10.6. The monoisotopic (exact) mass is 420 g/mol. The summed E-state index contributed by atoms with van der Waals surface area (Å²) in [6, 6.07) is 34.4. The van der Waals surface area contributed by atoms with E-state index in [4.69, 9.17) is 11.0 Å². The van der Waals surface area contributed by atoms with Crippen LogP contribution in [0, 0.1) is 17.9 Å². The fourth-order valence-electron chi connectivity index (χ4n) is 4.61. The average Bonchev–Trinajstić information content (AvgIpc) is 3.25. The van der Waals surface area contributed by atoms with Crippen LogP contribution in [0.2, 0.25) is 0 Å². The molecule has 0 bridgehead atoms. The molecule has 0 atom stereocenters. The largest absolute Gasteiger partial charge is 0.456 e. The molecule has 5 aromatic carbocycles. The van der Waals surface area contributed by atoms with Crippen LogP contribution >= 0.6 is 0 Å². The number of furan rings is 1. The van der Waals surface area contributed by atoms with Crippen molar-refractivity contribution in [2.75, 3.05) is 0 Å². The van der Waals surface area contributed by atoms with Crippen molar-refractivity contribution < 1.29 is 4.42 Å². The minimum Gasteiger partial charge on any atom is -0.456 e. The Kier molecular flexibility index (Phi) is 4.22. The number of hydrogen-bond acceptors (Lipinski definition) is 2. The van der Waals surface area contributed by atoms with E-state index in [1.54, 1.807) is 12.1 Å². The normalized spacial score (nSPS) is 11.0. The van der Waals surface area contributed by atoms with Gasteiger partial charge in [0.05, 0.1) is 12.6 Å². The summed E-state index contributed by atoms with van der Waals surface area (Å²) in [5.74, 6) is 0. The Hall–Kier alpha value is -4.86. The summed E-state index contributed by atoms with van der Waals surface area (Å²) in [7, 11) is 0. The maximum atomic E-state index is 9.71. The van der Waals surface area contributed by atoms with Crippen molar-refractivity contribution in [3.63, 3.8) is 0 Å². The summed E-state index contributed by atoms with van der Waals surface area (Å²) in [4.78, 5) is 3.46. The molecule has 0 radical (unpaired) electrons. The van der Waals surface area contributed by atoms with E-state index in [1.807, 2.05) is 42.5 Å². The minimum absolute atomic E-state index is 0.469. The van der Waals surface area contributed by atoms with Crippen molar-refractivity contribution in [2.24, 2.45) is 0 Å². The Balaban J connectivity index is 1.59. The highest BCUT2D eigenvalue weighted by Gasteiger charge is 2.14. The first-order valence-electron chi connectivity index (χ1n) is 10.6. The lowest BCUT2D eigenvalue weighted by Gasteiger charge is -2.13. The topological polar surface area (TPSA) is 41.3 Å². The highest BCUT2D eigenvalue weighted by molar-refractivity contribution is 6.09. The number of para-hydroxylation sites is 1. The van der Waals surface area contributed by atoms with Gasteiger partial charge in [-0.3, -0.25) is 0 Å². The van der Waals surface area contributed by atoms with Gasteiger partial charge in [-0.2, -0.15) is 5.26 Å². The second-order valence-corrected chi connectivity index (χ2v) is 7.97. The molecule has 0 saturated carbocycles. The van der Waals surface area contributed by atoms with Crippen LogP contribution in [0.5, 0.6) is 0 Å². The zero-order valence-corrected chi connectivity index (χ0v) is 17.5. The van der Waals surface area contributed by atoms with E-state index in [0.717, 1.165) is 55.0 Å². The number of benzene rings is 5. The molecule has 0 amide bonds. The zero-order chi connectivity index (χ0) is 22.4. The fraction of sp³-hybridized carbons (Fsp3) is 0. The van der Waals surface area contributed by atoms with Crippen molar-refractivity contribution in [3.8, 4) is 28.3 Å². The van der Waals surface area contributed by atoms with Crippen LogP contribution in [-0.4, -0.2) is 0 Å². The highest BCUT2D eigenvalue weighted by atomic mass is 16.3. The lowest BCUT2D eigenvalue weighted by atomic mass is 9.90. The van der Waals surface area contributed by atoms with Crippen LogP contribution in [0.25, 0.3) is 59.8 Å². The van der Waals surface area contributed by atoms with Crippen LogP contribution in [0.3, 0.4) is 0 Å². The zero-order valence-electron chi connectivity index (χ0n) is 17.5. The van der Waals surface area contributed by atoms with Gasteiger partial charge in [0.2, 0.25) is 0 Å². The SMILES string of the molecule is [C-]#[N+]c1ccc(-c2ccc(-c3ccc4oc5ccccc5c4c3)c3ccccc23)c(C#N)c1. The second-order valence-electron chi connectivity index (χ2n) is 7.97. The molecule has 0 aliphatic rings. The van der Waals surface area contributed by atoms with Gasteiger partial charge < -0.3 is 4.42 Å². The molecular weight excluding hydrogens is 404 g/mol. The molecule has 0 aliphatic heterocycles. The number of fused-ring (bicyclic) bond motifs is 4. The summed E-state index contributed by atoms with van der Waals surface area (Å²) in [5.41, 5.74) is 6.79. The molecule has 0 saturated heterocycles. The standard InChI is InChI=1S/C30H16N2O/c1-32-21-11-12-23(20(16-21)18-31)26-14-13-22(24-6-2-3-7-25(24)26)19-10-15-30-28(17-19)27-8-4-5-9-29(27)33-30/h2-17H. The van der Waals surface area contributed by atoms with Crippen molar-refractivity contribution in [1.29, 1.82) is 5.26 Å². The number of rotatable bonds is 2. The lowest BCUT2D eigenvalue weighted by Crippen LogP contribution is -1.89. The van der Waals surface area contributed by atoms with Gasteiger partial charge in [0.1, 0.15) is 11.2 Å². The van der Waals surface area contributed by atoms with E-state index in [-0.39, 0.29) is 0 Å². The molecular formula is C30H16N2O. The molecule has 0 fully saturated rings. The van der Waals surface area contributed by atoms with E-state index in [2.05, 4.69) is 53.4 Å². The third-order valence-corrected chi connectivity index (χ3v) is 6.15. The molecule has 6 aromatic rings. The van der Waals surface area contributed by atoms with E-state index in [9.17, 15) is 5.26 Å². The summed E-state index contributed by atoms with van der Waals surface area (Å²) in [6.45, 7) is 7.25. The molecule has 0 spiro atoms. The summed E-state index contributed by atoms with van der Waals surface area (Å²) in [6.07, 6.45) is 0. The predicted molar refractivity (Wildman–Crippen MR) is 133 cm³/mol. The van der Waals surface area contributed by atoms with Gasteiger partial charge in [-0.1, -0.05) is 72.8 Å². The van der Waals surface area contributed by atoms with Gasteiger partial charge >= 0.3 is 0 Å². The van der Waals surface area contributed by atoms with E-state index in [0.29, 0.717) is 11.3 Å². The summed E-state index contributed by atoms with van der Waals surface area (Å²) in [5, 5.41) is 14.1. The van der Waals surface area contributed by atoms with Crippen LogP contribution in [0.4, 0.5) is 5.69 Å². The molecule has 6 rings (SSSR count). The summed E-state index contributed by atoms with van der Waals surface area (Å²) < 4.78 is 6.00. The van der Waals surface area contributed by atoms with Crippen LogP contribution in [-0.2, 0) is 0 Å². The van der Waals surface area contributed by atoms with Gasteiger partial charge in [-0.25, -0.2) is 4.85 Å². The smallest absolute Gasteiger partial charge is 0.188 e. The third-order valence-electron chi connectivity index (χ3n) is 6.15. The van der Waals surface area contributed by atoms with Crippen molar-refractivity contribution in [1.82, 2.24) is 0 Å². The molecule has 1 aromatic heterocycles. The Morgan fingerprint density at radius 2 is 1.30 bits per heavy atom. The Morgan fingerprint density at radius 1 is 0.636 bits per heavy atom. The fourth-order valence-corrected chi connectivity index (χ4v) is 4.61. The molecule has 0 aliphatic carbocycles. The maximum Gasteiger partial charge on any atom is 0.188 e. The Labute approximate surface area is 190 Å². The number of nitriles is 1. The second kappa shape index (κ2) is 7.38. The number of hydrogen-bond donors (Lipinski definition) is 0. The van der Waals surface area contributed by atoms with Crippen molar-refractivity contribution in [3.05, 3.63) is 114 Å².